The SMILES string of the molecule is CC(=O)c1ccc2c(c1)[C@@H]1C=CC[C@@H]1[C@@H](c1ccc(Cl)cc1Cl)N2. The molecule has 122 valence electrons. The molecule has 0 saturated carbocycles. The van der Waals surface area contributed by atoms with Crippen LogP contribution in [0.4, 0.5) is 5.69 Å². The normalized spacial score (nSPS) is 24.2. The minimum Gasteiger partial charge on any atom is -0.378 e. The number of allylic oxidation sites excluding steroid dienone is 2. The molecule has 0 fully saturated rings. The summed E-state index contributed by atoms with van der Waals surface area (Å²) in [5, 5.41) is 4.97. The molecule has 1 aliphatic heterocycles. The van der Waals surface area contributed by atoms with Crippen LogP contribution in [0.1, 0.15) is 46.8 Å². The van der Waals surface area contributed by atoms with Crippen LogP contribution < -0.4 is 5.32 Å². The molecule has 2 aromatic carbocycles. The van der Waals surface area contributed by atoms with E-state index in [-0.39, 0.29) is 11.8 Å². The fourth-order valence-corrected chi connectivity index (χ4v) is 4.40. The quantitative estimate of drug-likeness (QED) is 0.525. The highest BCUT2D eigenvalue weighted by atomic mass is 35.5. The van der Waals surface area contributed by atoms with E-state index in [9.17, 15) is 4.79 Å². The van der Waals surface area contributed by atoms with Crippen LogP contribution in [-0.4, -0.2) is 5.78 Å². The van der Waals surface area contributed by atoms with Gasteiger partial charge in [0.1, 0.15) is 0 Å². The Morgan fingerprint density at radius 1 is 1.12 bits per heavy atom. The average molecular weight is 358 g/mol. The molecule has 2 aliphatic rings. The molecule has 0 bridgehead atoms. The summed E-state index contributed by atoms with van der Waals surface area (Å²) >= 11 is 12.5. The van der Waals surface area contributed by atoms with Gasteiger partial charge in [0, 0.05) is 27.2 Å². The van der Waals surface area contributed by atoms with Crippen LogP contribution in [0.3, 0.4) is 0 Å². The van der Waals surface area contributed by atoms with Gasteiger partial charge < -0.3 is 5.32 Å². The van der Waals surface area contributed by atoms with Crippen LogP contribution in [-0.2, 0) is 0 Å². The fraction of sp³-hybridized carbons (Fsp3) is 0.250. The Balaban J connectivity index is 1.79. The number of carbonyl (C=O) groups is 1. The molecule has 2 aromatic rings. The summed E-state index contributed by atoms with van der Waals surface area (Å²) in [5.41, 5.74) is 4.10. The molecule has 24 heavy (non-hydrogen) atoms. The number of anilines is 1. The van der Waals surface area contributed by atoms with Crippen molar-refractivity contribution in [2.75, 3.05) is 5.32 Å². The van der Waals surface area contributed by atoms with Gasteiger partial charge in [-0.05, 0) is 60.7 Å². The summed E-state index contributed by atoms with van der Waals surface area (Å²) in [6.07, 6.45) is 5.47. The number of hydrogen-bond acceptors (Lipinski definition) is 2. The Kier molecular flexibility index (Phi) is 3.90. The highest BCUT2D eigenvalue weighted by Gasteiger charge is 2.38. The van der Waals surface area contributed by atoms with Crippen LogP contribution in [0.25, 0.3) is 0 Å². The van der Waals surface area contributed by atoms with Crippen molar-refractivity contribution in [2.24, 2.45) is 5.92 Å². The molecular formula is C20H17Cl2NO. The summed E-state index contributed by atoms with van der Waals surface area (Å²) in [6.45, 7) is 1.61. The van der Waals surface area contributed by atoms with Crippen molar-refractivity contribution in [3.63, 3.8) is 0 Å². The van der Waals surface area contributed by atoms with Gasteiger partial charge in [0.05, 0.1) is 6.04 Å². The molecule has 0 unspecified atom stereocenters. The average Bonchev–Trinajstić information content (AvgIpc) is 3.04. The zero-order valence-electron chi connectivity index (χ0n) is 13.2. The number of carbonyl (C=O) groups excluding carboxylic acids is 1. The predicted molar refractivity (Wildman–Crippen MR) is 99.3 cm³/mol. The van der Waals surface area contributed by atoms with E-state index < -0.39 is 0 Å². The van der Waals surface area contributed by atoms with E-state index in [1.807, 2.05) is 30.3 Å². The molecule has 3 atom stereocenters. The molecule has 0 amide bonds. The topological polar surface area (TPSA) is 29.1 Å². The van der Waals surface area contributed by atoms with E-state index in [2.05, 4.69) is 17.5 Å². The Labute approximate surface area is 151 Å². The van der Waals surface area contributed by atoms with E-state index in [4.69, 9.17) is 23.2 Å². The number of benzene rings is 2. The number of halogens is 2. The maximum atomic E-state index is 11.7. The lowest BCUT2D eigenvalue weighted by Crippen LogP contribution is -2.29. The third kappa shape index (κ3) is 2.54. The van der Waals surface area contributed by atoms with Crippen LogP contribution in [0.5, 0.6) is 0 Å². The van der Waals surface area contributed by atoms with Gasteiger partial charge in [-0.1, -0.05) is 41.4 Å². The molecule has 0 saturated heterocycles. The van der Waals surface area contributed by atoms with Gasteiger partial charge in [-0.3, -0.25) is 4.79 Å². The third-order valence-corrected chi connectivity index (χ3v) is 5.63. The van der Waals surface area contributed by atoms with E-state index in [1.165, 1.54) is 5.56 Å². The van der Waals surface area contributed by atoms with Crippen molar-refractivity contribution in [3.05, 3.63) is 75.3 Å². The zero-order chi connectivity index (χ0) is 16.8. The van der Waals surface area contributed by atoms with Crippen molar-refractivity contribution >= 4 is 34.7 Å². The van der Waals surface area contributed by atoms with Gasteiger partial charge in [-0.15, -0.1) is 0 Å². The Hall–Kier alpha value is -1.77. The lowest BCUT2D eigenvalue weighted by Gasteiger charge is -2.38. The monoisotopic (exact) mass is 357 g/mol. The van der Waals surface area contributed by atoms with Crippen LogP contribution in [0.15, 0.2) is 48.6 Å². The lowest BCUT2D eigenvalue weighted by atomic mass is 9.76. The molecule has 4 heteroatoms. The van der Waals surface area contributed by atoms with Crippen LogP contribution in [0, 0.1) is 5.92 Å². The second kappa shape index (κ2) is 5.94. The van der Waals surface area contributed by atoms with Gasteiger partial charge in [0.15, 0.2) is 5.78 Å². The second-order valence-corrected chi connectivity index (χ2v) is 7.34. The zero-order valence-corrected chi connectivity index (χ0v) is 14.7. The highest BCUT2D eigenvalue weighted by Crippen LogP contribution is 2.51. The first-order valence-corrected chi connectivity index (χ1v) is 8.83. The van der Waals surface area contributed by atoms with Gasteiger partial charge in [-0.2, -0.15) is 0 Å². The van der Waals surface area contributed by atoms with Gasteiger partial charge in [0.2, 0.25) is 0 Å². The van der Waals surface area contributed by atoms with E-state index in [1.54, 1.807) is 13.0 Å². The third-order valence-electron chi connectivity index (χ3n) is 5.07. The number of rotatable bonds is 2. The molecule has 0 aromatic heterocycles. The number of fused-ring (bicyclic) bond motifs is 3. The first kappa shape index (κ1) is 15.7. The summed E-state index contributed by atoms with van der Waals surface area (Å²) in [7, 11) is 0. The highest BCUT2D eigenvalue weighted by molar-refractivity contribution is 6.35. The Morgan fingerprint density at radius 2 is 1.96 bits per heavy atom. The van der Waals surface area contributed by atoms with Gasteiger partial charge >= 0.3 is 0 Å². The van der Waals surface area contributed by atoms with Crippen molar-refractivity contribution in [3.8, 4) is 0 Å². The minimum atomic E-state index is 0.0965. The second-order valence-electron chi connectivity index (χ2n) is 6.50. The van der Waals surface area contributed by atoms with Crippen molar-refractivity contribution < 1.29 is 4.79 Å². The summed E-state index contributed by atoms with van der Waals surface area (Å²) in [6, 6.07) is 11.7. The summed E-state index contributed by atoms with van der Waals surface area (Å²) in [5.74, 6) is 0.787. The van der Waals surface area contributed by atoms with Crippen molar-refractivity contribution in [2.45, 2.75) is 25.3 Å². The van der Waals surface area contributed by atoms with Gasteiger partial charge in [0.25, 0.3) is 0 Å². The molecule has 0 radical (unpaired) electrons. The minimum absolute atomic E-state index is 0.0965. The molecule has 1 N–H and O–H groups in total. The maximum Gasteiger partial charge on any atom is 0.159 e. The molecule has 0 spiro atoms. The molecule has 2 nitrogen and oxygen atoms in total. The molecule has 4 rings (SSSR count). The number of hydrogen-bond donors (Lipinski definition) is 1. The first-order valence-electron chi connectivity index (χ1n) is 8.07. The smallest absolute Gasteiger partial charge is 0.159 e. The van der Waals surface area contributed by atoms with Crippen molar-refractivity contribution in [1.82, 2.24) is 0 Å². The van der Waals surface area contributed by atoms with E-state index in [0.29, 0.717) is 21.9 Å². The van der Waals surface area contributed by atoms with Crippen molar-refractivity contribution in [1.29, 1.82) is 0 Å². The molecule has 1 aliphatic carbocycles. The Bertz CT molecular complexity index is 859. The van der Waals surface area contributed by atoms with Gasteiger partial charge in [-0.25, -0.2) is 0 Å². The van der Waals surface area contributed by atoms with Crippen LogP contribution in [0.2, 0.25) is 10.0 Å². The fourth-order valence-electron chi connectivity index (χ4n) is 3.87. The van der Waals surface area contributed by atoms with Crippen LogP contribution >= 0.6 is 23.2 Å². The number of nitrogens with one attached hydrogen (secondary N) is 1. The number of ketones is 1. The molecular weight excluding hydrogens is 341 g/mol. The van der Waals surface area contributed by atoms with E-state index >= 15 is 0 Å². The van der Waals surface area contributed by atoms with E-state index in [0.717, 1.165) is 23.2 Å². The summed E-state index contributed by atoms with van der Waals surface area (Å²) < 4.78 is 0. The number of Topliss-reactive ketones (excluding diaryl/α,β-unsaturated/α-hetero) is 1. The maximum absolute atomic E-state index is 11.7. The lowest BCUT2D eigenvalue weighted by molar-refractivity contribution is 0.101. The first-order chi connectivity index (χ1) is 11.5. The predicted octanol–water partition coefficient (Wildman–Crippen LogP) is 6.02. The largest absolute Gasteiger partial charge is 0.378 e. The molecule has 1 heterocycles. The Morgan fingerprint density at radius 3 is 2.71 bits per heavy atom. The standard InChI is InChI=1S/C20H17Cl2NO/c1-11(24)12-5-8-19-17(9-12)14-3-2-4-15(14)20(23-19)16-7-6-13(21)10-18(16)22/h2-3,5-10,14-15,20,23H,4H2,1H3/t14-,15+,20+/m1/s1. The summed E-state index contributed by atoms with van der Waals surface area (Å²) in [4.78, 5) is 11.7.